The summed E-state index contributed by atoms with van der Waals surface area (Å²) in [5, 5.41) is 2.99. The molecule has 0 heterocycles. The van der Waals surface area contributed by atoms with Gasteiger partial charge in [0.2, 0.25) is 11.8 Å². The van der Waals surface area contributed by atoms with E-state index in [2.05, 4.69) is 5.32 Å². The first kappa shape index (κ1) is 23.9. The van der Waals surface area contributed by atoms with Crippen molar-refractivity contribution in [2.45, 2.75) is 63.6 Å². The van der Waals surface area contributed by atoms with Gasteiger partial charge in [0, 0.05) is 29.7 Å². The molecule has 0 radical (unpaired) electrons. The summed E-state index contributed by atoms with van der Waals surface area (Å²) in [6.45, 7) is 6.15. The second-order valence-electron chi connectivity index (χ2n) is 7.30. The van der Waals surface area contributed by atoms with E-state index in [-0.39, 0.29) is 30.2 Å². The Balaban J connectivity index is 2.12. The maximum atomic E-state index is 13.3. The van der Waals surface area contributed by atoms with Crippen molar-refractivity contribution in [2.24, 2.45) is 0 Å². The van der Waals surface area contributed by atoms with Gasteiger partial charge in [-0.25, -0.2) is 4.39 Å². The van der Waals surface area contributed by atoms with Gasteiger partial charge in [-0.1, -0.05) is 44.2 Å². The first-order valence-corrected chi connectivity index (χ1v) is 11.4. The van der Waals surface area contributed by atoms with Crippen LogP contribution >= 0.6 is 11.8 Å². The molecule has 0 fully saturated rings. The number of hydrogen-bond acceptors (Lipinski definition) is 3. The molecule has 30 heavy (non-hydrogen) atoms. The Morgan fingerprint density at radius 2 is 1.70 bits per heavy atom. The van der Waals surface area contributed by atoms with Crippen molar-refractivity contribution in [3.8, 4) is 0 Å². The monoisotopic (exact) mass is 430 g/mol. The van der Waals surface area contributed by atoms with Crippen molar-refractivity contribution >= 4 is 23.6 Å². The van der Waals surface area contributed by atoms with Crippen LogP contribution in [0.3, 0.4) is 0 Å². The third-order valence-electron chi connectivity index (χ3n) is 4.98. The first-order chi connectivity index (χ1) is 14.4. The summed E-state index contributed by atoms with van der Waals surface area (Å²) < 4.78 is 13.3. The Bertz CT molecular complexity index is 799. The van der Waals surface area contributed by atoms with Gasteiger partial charge in [0.25, 0.3) is 0 Å². The van der Waals surface area contributed by atoms with Crippen LogP contribution in [-0.4, -0.2) is 34.6 Å². The lowest BCUT2D eigenvalue weighted by atomic mass is 10.1. The normalized spacial score (nSPS) is 12.8. The van der Waals surface area contributed by atoms with Gasteiger partial charge in [-0.2, -0.15) is 0 Å². The molecule has 0 aliphatic heterocycles. The molecular weight excluding hydrogens is 399 g/mol. The average molecular weight is 431 g/mol. The summed E-state index contributed by atoms with van der Waals surface area (Å²) in [4.78, 5) is 28.7. The van der Waals surface area contributed by atoms with Gasteiger partial charge >= 0.3 is 0 Å². The highest BCUT2D eigenvalue weighted by Gasteiger charge is 2.28. The highest BCUT2D eigenvalue weighted by atomic mass is 32.2. The SMILES string of the molecule is CC[C@@H](C)NC(=O)[C@H](CC)N(Cc1ccc(F)cc1)C(=O)CCSc1ccccc1. The highest BCUT2D eigenvalue weighted by molar-refractivity contribution is 7.99. The molecule has 6 heteroatoms. The number of carbonyl (C=O) groups is 2. The van der Waals surface area contributed by atoms with Crippen molar-refractivity contribution in [1.29, 1.82) is 0 Å². The van der Waals surface area contributed by atoms with Gasteiger partial charge in [-0.3, -0.25) is 9.59 Å². The van der Waals surface area contributed by atoms with E-state index in [1.165, 1.54) is 12.1 Å². The maximum absolute atomic E-state index is 13.3. The number of amides is 2. The van der Waals surface area contributed by atoms with E-state index in [0.717, 1.165) is 16.9 Å². The average Bonchev–Trinajstić information content (AvgIpc) is 2.75. The lowest BCUT2D eigenvalue weighted by molar-refractivity contribution is -0.141. The Hall–Kier alpha value is -2.34. The van der Waals surface area contributed by atoms with Crippen molar-refractivity contribution in [1.82, 2.24) is 10.2 Å². The Kier molecular flexibility index (Phi) is 9.87. The summed E-state index contributed by atoms with van der Waals surface area (Å²) in [5.41, 5.74) is 0.801. The lowest BCUT2D eigenvalue weighted by Crippen LogP contribution is -2.50. The minimum Gasteiger partial charge on any atom is -0.352 e. The van der Waals surface area contributed by atoms with E-state index in [1.807, 2.05) is 51.1 Å². The van der Waals surface area contributed by atoms with Crippen LogP contribution in [0.4, 0.5) is 4.39 Å². The maximum Gasteiger partial charge on any atom is 0.243 e. The standard InChI is InChI=1S/C24H31FN2O2S/c1-4-18(3)26-24(29)22(5-2)27(17-19-11-13-20(25)14-12-19)23(28)15-16-30-21-9-7-6-8-10-21/h6-14,18,22H,4-5,15-17H2,1-3H3,(H,26,29)/t18-,22+/m1/s1. The van der Waals surface area contributed by atoms with Gasteiger partial charge in [-0.15, -0.1) is 11.8 Å². The fraction of sp³-hybridized carbons (Fsp3) is 0.417. The largest absolute Gasteiger partial charge is 0.352 e. The molecule has 0 bridgehead atoms. The molecule has 2 rings (SSSR count). The van der Waals surface area contributed by atoms with Crippen LogP contribution in [0.1, 0.15) is 45.6 Å². The summed E-state index contributed by atoms with van der Waals surface area (Å²) in [6, 6.07) is 15.5. The number of nitrogens with zero attached hydrogens (tertiary/aromatic N) is 1. The van der Waals surface area contributed by atoms with Crippen LogP contribution < -0.4 is 5.32 Å². The number of rotatable bonds is 11. The minimum absolute atomic E-state index is 0.0444. The number of hydrogen-bond donors (Lipinski definition) is 1. The third kappa shape index (κ3) is 7.48. The molecule has 0 aromatic heterocycles. The quantitative estimate of drug-likeness (QED) is 0.509. The zero-order chi connectivity index (χ0) is 21.9. The topological polar surface area (TPSA) is 49.4 Å². The van der Waals surface area contributed by atoms with Crippen LogP contribution in [0.25, 0.3) is 0 Å². The fourth-order valence-electron chi connectivity index (χ4n) is 3.06. The van der Waals surface area contributed by atoms with Crippen LogP contribution in [0.2, 0.25) is 0 Å². The van der Waals surface area contributed by atoms with Crippen molar-refractivity contribution in [2.75, 3.05) is 5.75 Å². The molecule has 0 aliphatic carbocycles. The predicted octanol–water partition coefficient (Wildman–Crippen LogP) is 5.03. The highest BCUT2D eigenvalue weighted by Crippen LogP contribution is 2.20. The molecule has 0 aliphatic rings. The first-order valence-electron chi connectivity index (χ1n) is 10.5. The number of carbonyl (C=O) groups excluding carboxylic acids is 2. The molecule has 162 valence electrons. The molecule has 0 spiro atoms. The zero-order valence-electron chi connectivity index (χ0n) is 17.9. The van der Waals surface area contributed by atoms with Gasteiger partial charge < -0.3 is 10.2 Å². The number of nitrogens with one attached hydrogen (secondary N) is 1. The number of halogens is 1. The molecule has 0 saturated heterocycles. The van der Waals surface area contributed by atoms with E-state index < -0.39 is 6.04 Å². The van der Waals surface area contributed by atoms with Gasteiger partial charge in [0.1, 0.15) is 11.9 Å². The van der Waals surface area contributed by atoms with Gasteiger partial charge in [-0.05, 0) is 49.6 Å². The van der Waals surface area contributed by atoms with Crippen LogP contribution in [0, 0.1) is 5.82 Å². The predicted molar refractivity (Wildman–Crippen MR) is 121 cm³/mol. The Labute approximate surface area is 183 Å². The molecule has 2 atom stereocenters. The van der Waals surface area contributed by atoms with E-state index >= 15 is 0 Å². The molecule has 2 aromatic rings. The molecule has 4 nitrogen and oxygen atoms in total. The minimum atomic E-state index is -0.557. The molecule has 2 aromatic carbocycles. The van der Waals surface area contributed by atoms with E-state index in [0.29, 0.717) is 18.6 Å². The molecule has 2 amide bonds. The van der Waals surface area contributed by atoms with Gasteiger partial charge in [0.15, 0.2) is 0 Å². The molecule has 0 unspecified atom stereocenters. The van der Waals surface area contributed by atoms with Crippen molar-refractivity contribution < 1.29 is 14.0 Å². The van der Waals surface area contributed by atoms with Crippen LogP contribution in [-0.2, 0) is 16.1 Å². The zero-order valence-corrected chi connectivity index (χ0v) is 18.8. The van der Waals surface area contributed by atoms with Gasteiger partial charge in [0.05, 0.1) is 0 Å². The summed E-state index contributed by atoms with van der Waals surface area (Å²) in [5.74, 6) is 0.0935. The smallest absolute Gasteiger partial charge is 0.243 e. The number of benzene rings is 2. The Morgan fingerprint density at radius 1 is 1.03 bits per heavy atom. The molecule has 0 saturated carbocycles. The summed E-state index contributed by atoms with van der Waals surface area (Å²) in [6.07, 6.45) is 1.66. The van der Waals surface area contributed by atoms with Crippen molar-refractivity contribution in [3.63, 3.8) is 0 Å². The summed E-state index contributed by atoms with van der Waals surface area (Å²) in [7, 11) is 0. The summed E-state index contributed by atoms with van der Waals surface area (Å²) >= 11 is 1.62. The second-order valence-corrected chi connectivity index (χ2v) is 8.47. The van der Waals surface area contributed by atoms with Crippen LogP contribution in [0.5, 0.6) is 0 Å². The third-order valence-corrected chi connectivity index (χ3v) is 5.99. The van der Waals surface area contributed by atoms with E-state index in [4.69, 9.17) is 0 Å². The number of thioether (sulfide) groups is 1. The van der Waals surface area contributed by atoms with E-state index in [9.17, 15) is 14.0 Å². The van der Waals surface area contributed by atoms with Crippen molar-refractivity contribution in [3.05, 3.63) is 66.0 Å². The van der Waals surface area contributed by atoms with Crippen LogP contribution in [0.15, 0.2) is 59.5 Å². The lowest BCUT2D eigenvalue weighted by Gasteiger charge is -2.31. The Morgan fingerprint density at radius 3 is 2.30 bits per heavy atom. The molecule has 1 N–H and O–H groups in total. The fourth-order valence-corrected chi connectivity index (χ4v) is 3.93. The molecular formula is C24H31FN2O2S. The van der Waals surface area contributed by atoms with E-state index in [1.54, 1.807) is 28.8 Å². The second kappa shape index (κ2) is 12.4.